The molecule has 0 unspecified atom stereocenters. The Morgan fingerprint density at radius 1 is 1.13 bits per heavy atom. The van der Waals surface area contributed by atoms with Crippen molar-refractivity contribution in [1.29, 1.82) is 0 Å². The van der Waals surface area contributed by atoms with E-state index in [1.165, 1.54) is 12.1 Å². The van der Waals surface area contributed by atoms with E-state index in [9.17, 15) is 4.79 Å². The van der Waals surface area contributed by atoms with Crippen molar-refractivity contribution in [3.05, 3.63) is 108 Å². The van der Waals surface area contributed by atoms with Crippen LogP contribution in [0.1, 0.15) is 49.2 Å². The molecule has 1 aliphatic rings. The normalized spacial score (nSPS) is 14.2. The topological polar surface area (TPSA) is 54.0 Å². The highest BCUT2D eigenvalue weighted by Crippen LogP contribution is 2.27. The molecule has 0 bridgehead atoms. The molecule has 0 radical (unpaired) electrons. The molecule has 1 fully saturated rings. The van der Waals surface area contributed by atoms with Gasteiger partial charge in [-0.15, -0.1) is 0 Å². The first-order chi connectivity index (χ1) is 18.3. The van der Waals surface area contributed by atoms with E-state index in [2.05, 4.69) is 22.2 Å². The van der Waals surface area contributed by atoms with E-state index >= 15 is 0 Å². The highest BCUT2D eigenvalue weighted by atomic mass is 32.2. The number of para-hydroxylation sites is 1. The molecule has 6 nitrogen and oxygen atoms in total. The first-order valence-corrected chi connectivity index (χ1v) is 13.7. The molecule has 0 atom stereocenters. The molecule has 7 heteroatoms. The van der Waals surface area contributed by atoms with Gasteiger partial charge in [-0.3, -0.25) is 9.69 Å². The van der Waals surface area contributed by atoms with Crippen LogP contribution in [-0.4, -0.2) is 43.6 Å². The third kappa shape index (κ3) is 8.38. The number of methoxy groups -OCH3 is 1. The Morgan fingerprint density at radius 3 is 2.37 bits per heavy atom. The molecule has 2 aromatic rings. The van der Waals surface area contributed by atoms with E-state index in [1.54, 1.807) is 12.0 Å². The largest absolute Gasteiger partial charge is 0.495 e. The fraction of sp³-hybridized carbons (Fsp3) is 0.323. The lowest BCUT2D eigenvalue weighted by Gasteiger charge is -2.26. The Balaban J connectivity index is 0.00000247. The van der Waals surface area contributed by atoms with E-state index in [-0.39, 0.29) is 5.91 Å². The van der Waals surface area contributed by atoms with Gasteiger partial charge in [0.2, 0.25) is 0 Å². The monoisotopic (exact) mass is 535 g/mol. The average molecular weight is 536 g/mol. The minimum atomic E-state index is -0.116. The first-order valence-electron chi connectivity index (χ1n) is 12.9. The number of allylic oxidation sites excluding steroid dienone is 4. The predicted octanol–water partition coefficient (Wildman–Crippen LogP) is 7.13. The second kappa shape index (κ2) is 15.9. The summed E-state index contributed by atoms with van der Waals surface area (Å²) in [5, 5.41) is 0. The molecule has 204 valence electrons. The second-order valence-electron chi connectivity index (χ2n) is 8.41. The standard InChI is InChI=1S/C29H35N3O3S.C2H6/c1-7-24(20-28(23(5)34-6)30-36-31-15-17-35-18-16-31)25-14-13-22(4)27(19-25)29(33)32(21(2)3)26-11-9-8-10-12-26;1-2/h7-14,19-20,30H,2,5,15-18H2,1,3-4,6H3;1-2H3/b24-7+,28-20+;. The van der Waals surface area contributed by atoms with Crippen molar-refractivity contribution in [2.24, 2.45) is 0 Å². The zero-order valence-corrected chi connectivity index (χ0v) is 24.4. The quantitative estimate of drug-likeness (QED) is 0.198. The maximum Gasteiger partial charge on any atom is 0.262 e. The third-order valence-electron chi connectivity index (χ3n) is 5.81. The number of anilines is 1. The lowest BCUT2D eigenvalue weighted by molar-refractivity contribution is 0.0771. The molecule has 0 aromatic heterocycles. The molecule has 38 heavy (non-hydrogen) atoms. The zero-order valence-electron chi connectivity index (χ0n) is 23.5. The first kappa shape index (κ1) is 31.0. The maximum absolute atomic E-state index is 13.7. The Kier molecular flexibility index (Phi) is 12.9. The minimum Gasteiger partial charge on any atom is -0.495 e. The summed E-state index contributed by atoms with van der Waals surface area (Å²) in [6.45, 7) is 21.0. The van der Waals surface area contributed by atoms with Gasteiger partial charge in [-0.25, -0.2) is 4.31 Å². The summed E-state index contributed by atoms with van der Waals surface area (Å²) >= 11 is 1.51. The maximum atomic E-state index is 13.7. The van der Waals surface area contributed by atoms with Crippen molar-refractivity contribution < 1.29 is 14.3 Å². The van der Waals surface area contributed by atoms with E-state index in [0.717, 1.165) is 41.2 Å². The van der Waals surface area contributed by atoms with Gasteiger partial charge in [-0.2, -0.15) is 0 Å². The van der Waals surface area contributed by atoms with Gasteiger partial charge in [0.15, 0.2) is 0 Å². The predicted molar refractivity (Wildman–Crippen MR) is 162 cm³/mol. The molecule has 1 heterocycles. The van der Waals surface area contributed by atoms with Crippen molar-refractivity contribution >= 4 is 29.3 Å². The Hall–Kier alpha value is -3.26. The van der Waals surface area contributed by atoms with Crippen molar-refractivity contribution in [3.63, 3.8) is 0 Å². The van der Waals surface area contributed by atoms with Gasteiger partial charge in [0.05, 0.1) is 26.0 Å². The fourth-order valence-electron chi connectivity index (χ4n) is 3.76. The van der Waals surface area contributed by atoms with Crippen LogP contribution in [0.5, 0.6) is 0 Å². The molecule has 1 saturated heterocycles. The van der Waals surface area contributed by atoms with Crippen LogP contribution in [0.25, 0.3) is 5.57 Å². The van der Waals surface area contributed by atoms with Crippen molar-refractivity contribution in [2.75, 3.05) is 38.3 Å². The number of carbonyl (C=O) groups is 1. The number of nitrogens with zero attached hydrogens (tertiary/aromatic N) is 2. The van der Waals surface area contributed by atoms with Gasteiger partial charge in [0.1, 0.15) is 5.76 Å². The number of morpholine rings is 1. The van der Waals surface area contributed by atoms with Crippen molar-refractivity contribution in [2.45, 2.75) is 34.6 Å². The van der Waals surface area contributed by atoms with E-state index in [1.807, 2.05) is 95.3 Å². The summed E-state index contributed by atoms with van der Waals surface area (Å²) in [5.74, 6) is 0.408. The molecule has 1 aliphatic heterocycles. The summed E-state index contributed by atoms with van der Waals surface area (Å²) in [4.78, 5) is 15.3. The number of hydrogen-bond acceptors (Lipinski definition) is 6. The molecule has 0 saturated carbocycles. The number of carbonyl (C=O) groups excluding carboxylic acids is 1. The van der Waals surface area contributed by atoms with E-state index in [0.29, 0.717) is 30.2 Å². The smallest absolute Gasteiger partial charge is 0.262 e. The van der Waals surface area contributed by atoms with Crippen LogP contribution >= 0.6 is 12.1 Å². The van der Waals surface area contributed by atoms with Crippen LogP contribution in [0.3, 0.4) is 0 Å². The molecule has 0 aliphatic carbocycles. The van der Waals surface area contributed by atoms with Gasteiger partial charge >= 0.3 is 0 Å². The number of rotatable bonds is 10. The average Bonchev–Trinajstić information content (AvgIpc) is 2.95. The molecule has 1 N–H and O–H groups in total. The van der Waals surface area contributed by atoms with E-state index in [4.69, 9.17) is 9.47 Å². The summed E-state index contributed by atoms with van der Waals surface area (Å²) in [6, 6.07) is 15.5. The number of aryl methyl sites for hydroxylation is 1. The minimum absolute atomic E-state index is 0.116. The SMILES string of the molecule is C=C(OC)/C(=C\C(=C/C)c1ccc(C)c(C(=O)N(C(=C)C)c2ccccc2)c1)NSN1CCOCC1.CC. The van der Waals surface area contributed by atoms with Crippen molar-refractivity contribution in [1.82, 2.24) is 9.03 Å². The van der Waals surface area contributed by atoms with Gasteiger partial charge in [0.25, 0.3) is 5.91 Å². The second-order valence-corrected chi connectivity index (χ2v) is 9.31. The zero-order chi connectivity index (χ0) is 28.1. The molecule has 2 aromatic carbocycles. The van der Waals surface area contributed by atoms with Crippen LogP contribution in [0.4, 0.5) is 5.69 Å². The summed E-state index contributed by atoms with van der Waals surface area (Å²) < 4.78 is 16.4. The van der Waals surface area contributed by atoms with E-state index < -0.39 is 0 Å². The summed E-state index contributed by atoms with van der Waals surface area (Å²) in [5.41, 5.74) is 5.57. The van der Waals surface area contributed by atoms with Crippen LogP contribution in [0, 0.1) is 6.92 Å². The van der Waals surface area contributed by atoms with Crippen LogP contribution in [0.2, 0.25) is 0 Å². The molecule has 3 rings (SSSR count). The Morgan fingerprint density at radius 2 is 1.79 bits per heavy atom. The number of amides is 1. The van der Waals surface area contributed by atoms with Crippen LogP contribution < -0.4 is 9.62 Å². The number of nitrogens with one attached hydrogen (secondary N) is 1. The van der Waals surface area contributed by atoms with Gasteiger partial charge in [-0.1, -0.05) is 63.4 Å². The van der Waals surface area contributed by atoms with Gasteiger partial charge < -0.3 is 14.2 Å². The number of hydrogen-bond donors (Lipinski definition) is 1. The van der Waals surface area contributed by atoms with Gasteiger partial charge in [-0.05, 0) is 61.7 Å². The third-order valence-corrected chi connectivity index (χ3v) is 6.75. The van der Waals surface area contributed by atoms with Gasteiger partial charge in [0, 0.05) is 42.2 Å². The summed E-state index contributed by atoms with van der Waals surface area (Å²) in [7, 11) is 1.60. The molecular formula is C31H41N3O3S. The fourth-order valence-corrected chi connectivity index (χ4v) is 4.49. The number of ether oxygens (including phenoxy) is 2. The highest BCUT2D eigenvalue weighted by molar-refractivity contribution is 7.95. The lowest BCUT2D eigenvalue weighted by atomic mass is 9.97. The highest BCUT2D eigenvalue weighted by Gasteiger charge is 2.21. The lowest BCUT2D eigenvalue weighted by Crippen LogP contribution is -2.33. The number of benzene rings is 2. The van der Waals surface area contributed by atoms with Crippen molar-refractivity contribution in [3.8, 4) is 0 Å². The Labute approximate surface area is 233 Å². The van der Waals surface area contributed by atoms with Crippen LogP contribution in [-0.2, 0) is 9.47 Å². The Bertz CT molecular complexity index is 1150. The molecule has 0 spiro atoms. The molecule has 1 amide bonds. The van der Waals surface area contributed by atoms with Crippen LogP contribution in [0.15, 0.2) is 91.0 Å². The summed E-state index contributed by atoms with van der Waals surface area (Å²) in [6.07, 6.45) is 4.00. The molecular weight excluding hydrogens is 494 g/mol.